The fraction of sp³-hybridized carbons (Fsp3) is 0.381. The Morgan fingerprint density at radius 2 is 1.63 bits per heavy atom. The smallest absolute Gasteiger partial charge is 0.258 e. The van der Waals surface area contributed by atoms with Gasteiger partial charge < -0.3 is 24.3 Å². The molecule has 2 rings (SSSR count). The Labute approximate surface area is 160 Å². The summed E-state index contributed by atoms with van der Waals surface area (Å²) in [4.78, 5) is 12.1. The van der Waals surface area contributed by atoms with Crippen molar-refractivity contribution in [3.8, 4) is 23.0 Å². The number of methoxy groups -OCH3 is 2. The molecule has 146 valence electrons. The number of rotatable bonds is 11. The van der Waals surface area contributed by atoms with Crippen LogP contribution in [0.2, 0.25) is 0 Å². The van der Waals surface area contributed by atoms with Gasteiger partial charge in [0.1, 0.15) is 0 Å². The molecule has 0 saturated heterocycles. The Morgan fingerprint density at radius 1 is 0.926 bits per heavy atom. The van der Waals surface area contributed by atoms with Crippen LogP contribution in [0.4, 0.5) is 0 Å². The van der Waals surface area contributed by atoms with Gasteiger partial charge in [0, 0.05) is 6.54 Å². The van der Waals surface area contributed by atoms with Crippen LogP contribution >= 0.6 is 0 Å². The zero-order valence-corrected chi connectivity index (χ0v) is 16.1. The van der Waals surface area contributed by atoms with E-state index in [4.69, 9.17) is 18.9 Å². The Kier molecular flexibility index (Phi) is 8.29. The average molecular weight is 373 g/mol. The van der Waals surface area contributed by atoms with Crippen LogP contribution in [0, 0.1) is 0 Å². The number of amides is 1. The molecular weight excluding hydrogens is 346 g/mol. The van der Waals surface area contributed by atoms with Gasteiger partial charge in [0.25, 0.3) is 5.91 Å². The van der Waals surface area contributed by atoms with Gasteiger partial charge in [-0.05, 0) is 36.2 Å². The van der Waals surface area contributed by atoms with Crippen LogP contribution in [0.3, 0.4) is 0 Å². The maximum Gasteiger partial charge on any atom is 0.258 e. The lowest BCUT2D eigenvalue weighted by atomic mass is 10.2. The minimum absolute atomic E-state index is 0.0876. The number of para-hydroxylation sites is 2. The second-order valence-electron chi connectivity index (χ2n) is 5.90. The first-order valence-electron chi connectivity index (χ1n) is 9.00. The topological polar surface area (TPSA) is 66.0 Å². The van der Waals surface area contributed by atoms with Crippen molar-refractivity contribution in [2.24, 2.45) is 0 Å². The fourth-order valence-corrected chi connectivity index (χ4v) is 2.40. The van der Waals surface area contributed by atoms with Gasteiger partial charge in [0.2, 0.25) is 0 Å². The Hall–Kier alpha value is -2.89. The molecule has 6 heteroatoms. The molecule has 0 saturated carbocycles. The van der Waals surface area contributed by atoms with Gasteiger partial charge >= 0.3 is 0 Å². The van der Waals surface area contributed by atoms with E-state index in [0.717, 1.165) is 18.4 Å². The number of carbonyl (C=O) groups excluding carboxylic acids is 1. The summed E-state index contributed by atoms with van der Waals surface area (Å²) in [6.45, 7) is 3.06. The number of unbranched alkanes of at least 4 members (excludes halogenated alkanes) is 1. The van der Waals surface area contributed by atoms with Gasteiger partial charge in [-0.1, -0.05) is 31.5 Å². The van der Waals surface area contributed by atoms with Gasteiger partial charge in [-0.25, -0.2) is 0 Å². The summed E-state index contributed by atoms with van der Waals surface area (Å²) in [5.41, 5.74) is 0.917. The third kappa shape index (κ3) is 6.40. The van der Waals surface area contributed by atoms with E-state index >= 15 is 0 Å². The van der Waals surface area contributed by atoms with Gasteiger partial charge in [-0.2, -0.15) is 0 Å². The lowest BCUT2D eigenvalue weighted by Gasteiger charge is -2.13. The molecule has 0 aliphatic heterocycles. The van der Waals surface area contributed by atoms with Crippen LogP contribution < -0.4 is 24.3 Å². The second kappa shape index (κ2) is 11.0. The monoisotopic (exact) mass is 373 g/mol. The highest BCUT2D eigenvalue weighted by molar-refractivity contribution is 5.77. The van der Waals surface area contributed by atoms with Crippen LogP contribution in [-0.2, 0) is 11.3 Å². The molecule has 0 aromatic heterocycles. The van der Waals surface area contributed by atoms with Crippen LogP contribution in [0.25, 0.3) is 0 Å². The van der Waals surface area contributed by atoms with E-state index in [1.165, 1.54) is 0 Å². The van der Waals surface area contributed by atoms with Crippen LogP contribution in [-0.4, -0.2) is 33.3 Å². The molecule has 2 aromatic rings. The van der Waals surface area contributed by atoms with Crippen molar-refractivity contribution < 1.29 is 23.7 Å². The van der Waals surface area contributed by atoms with Crippen molar-refractivity contribution in [3.05, 3.63) is 48.0 Å². The highest BCUT2D eigenvalue weighted by Gasteiger charge is 2.09. The minimum Gasteiger partial charge on any atom is -0.493 e. The summed E-state index contributed by atoms with van der Waals surface area (Å²) < 4.78 is 21.8. The molecule has 0 aliphatic carbocycles. The summed E-state index contributed by atoms with van der Waals surface area (Å²) in [6.07, 6.45) is 2.07. The number of carbonyl (C=O) groups is 1. The molecule has 27 heavy (non-hydrogen) atoms. The van der Waals surface area contributed by atoms with E-state index in [-0.39, 0.29) is 12.5 Å². The van der Waals surface area contributed by atoms with Crippen LogP contribution in [0.1, 0.15) is 25.3 Å². The van der Waals surface area contributed by atoms with E-state index in [1.807, 2.05) is 30.3 Å². The molecule has 0 spiro atoms. The predicted molar refractivity (Wildman–Crippen MR) is 104 cm³/mol. The molecule has 0 bridgehead atoms. The maximum atomic E-state index is 12.1. The zero-order valence-electron chi connectivity index (χ0n) is 16.1. The molecule has 0 atom stereocenters. The number of hydrogen-bond acceptors (Lipinski definition) is 5. The summed E-state index contributed by atoms with van der Waals surface area (Å²) in [5, 5.41) is 2.83. The normalized spacial score (nSPS) is 10.2. The van der Waals surface area contributed by atoms with E-state index in [9.17, 15) is 4.79 Å². The molecule has 0 fully saturated rings. The largest absolute Gasteiger partial charge is 0.493 e. The first-order valence-corrected chi connectivity index (χ1v) is 9.00. The van der Waals surface area contributed by atoms with Gasteiger partial charge in [-0.3, -0.25) is 4.79 Å². The molecule has 6 nitrogen and oxygen atoms in total. The highest BCUT2D eigenvalue weighted by atomic mass is 16.5. The first kappa shape index (κ1) is 20.4. The lowest BCUT2D eigenvalue weighted by molar-refractivity contribution is -0.123. The first-order chi connectivity index (χ1) is 13.2. The Morgan fingerprint density at radius 3 is 2.33 bits per heavy atom. The summed E-state index contributed by atoms with van der Waals surface area (Å²) in [5.74, 6) is 2.27. The Balaban J connectivity index is 1.85. The number of benzene rings is 2. The third-order valence-corrected chi connectivity index (χ3v) is 3.90. The maximum absolute atomic E-state index is 12.1. The minimum atomic E-state index is -0.219. The summed E-state index contributed by atoms with van der Waals surface area (Å²) in [6, 6.07) is 12.8. The molecule has 1 amide bonds. The summed E-state index contributed by atoms with van der Waals surface area (Å²) >= 11 is 0. The summed E-state index contributed by atoms with van der Waals surface area (Å²) in [7, 11) is 3.16. The van der Waals surface area contributed by atoms with E-state index in [0.29, 0.717) is 36.1 Å². The lowest BCUT2D eigenvalue weighted by Crippen LogP contribution is -2.28. The molecule has 2 aromatic carbocycles. The average Bonchev–Trinajstić information content (AvgIpc) is 2.71. The van der Waals surface area contributed by atoms with Gasteiger partial charge in [0.05, 0.1) is 20.8 Å². The number of ether oxygens (including phenoxy) is 4. The van der Waals surface area contributed by atoms with Crippen molar-refractivity contribution in [2.75, 3.05) is 27.4 Å². The van der Waals surface area contributed by atoms with Crippen molar-refractivity contribution >= 4 is 5.91 Å². The molecule has 0 heterocycles. The van der Waals surface area contributed by atoms with Gasteiger partial charge in [0.15, 0.2) is 29.6 Å². The van der Waals surface area contributed by atoms with Gasteiger partial charge in [-0.15, -0.1) is 0 Å². The fourth-order valence-electron chi connectivity index (χ4n) is 2.40. The van der Waals surface area contributed by atoms with Crippen molar-refractivity contribution in [2.45, 2.75) is 26.3 Å². The molecule has 0 radical (unpaired) electrons. The number of hydrogen-bond donors (Lipinski definition) is 1. The highest BCUT2D eigenvalue weighted by Crippen LogP contribution is 2.28. The molecule has 0 unspecified atom stereocenters. The van der Waals surface area contributed by atoms with E-state index in [2.05, 4.69) is 12.2 Å². The van der Waals surface area contributed by atoms with Crippen LogP contribution in [0.5, 0.6) is 23.0 Å². The van der Waals surface area contributed by atoms with E-state index in [1.54, 1.807) is 26.4 Å². The van der Waals surface area contributed by atoms with Crippen LogP contribution in [0.15, 0.2) is 42.5 Å². The second-order valence-corrected chi connectivity index (χ2v) is 5.90. The van der Waals surface area contributed by atoms with Crippen molar-refractivity contribution in [3.63, 3.8) is 0 Å². The Bertz CT molecular complexity index is 732. The molecular formula is C21H27NO5. The zero-order chi connectivity index (χ0) is 19.5. The van der Waals surface area contributed by atoms with Crippen molar-refractivity contribution in [1.82, 2.24) is 5.32 Å². The third-order valence-electron chi connectivity index (χ3n) is 3.90. The number of nitrogens with one attached hydrogen (secondary N) is 1. The SMILES string of the molecule is CCCCOc1ccc(CNC(=O)COc2ccccc2OC)cc1OC. The standard InChI is InChI=1S/C21H27NO5/c1-4-5-12-26-19-11-10-16(13-20(19)25-3)14-22-21(23)15-27-18-9-7-6-8-17(18)24-2/h6-11,13H,4-5,12,14-15H2,1-3H3,(H,22,23). The predicted octanol–water partition coefficient (Wildman–Crippen LogP) is 3.58. The molecule has 1 N–H and O–H groups in total. The van der Waals surface area contributed by atoms with E-state index < -0.39 is 0 Å². The molecule has 0 aliphatic rings. The van der Waals surface area contributed by atoms with Crippen molar-refractivity contribution in [1.29, 1.82) is 0 Å². The quantitative estimate of drug-likeness (QED) is 0.610.